The van der Waals surface area contributed by atoms with Crippen molar-refractivity contribution in [1.82, 2.24) is 0 Å². The van der Waals surface area contributed by atoms with E-state index in [4.69, 9.17) is 28.5 Å². The van der Waals surface area contributed by atoms with Crippen LogP contribution in [0.2, 0.25) is 10.0 Å². The quantitative estimate of drug-likeness (QED) is 0.787. The molecule has 0 saturated heterocycles. The van der Waals surface area contributed by atoms with E-state index in [-0.39, 0.29) is 10.8 Å². The fourth-order valence-corrected chi connectivity index (χ4v) is 1.69. The van der Waals surface area contributed by atoms with Gasteiger partial charge in [-0.1, -0.05) is 23.2 Å². The van der Waals surface area contributed by atoms with Gasteiger partial charge < -0.3 is 4.18 Å². The van der Waals surface area contributed by atoms with E-state index >= 15 is 0 Å². The highest BCUT2D eigenvalue weighted by molar-refractivity contribution is 7.87. The van der Waals surface area contributed by atoms with Gasteiger partial charge in [0.15, 0.2) is 5.75 Å². The molecular weight excluding hydrogens is 261 g/mol. The van der Waals surface area contributed by atoms with Gasteiger partial charge in [0.25, 0.3) is 0 Å². The number of rotatable bonds is 3. The highest BCUT2D eigenvalue weighted by Crippen LogP contribution is 2.26. The maximum Gasteiger partial charge on any atom is 0.322 e. The van der Waals surface area contributed by atoms with Crippen LogP contribution in [0.25, 0.3) is 0 Å². The van der Waals surface area contributed by atoms with Crippen LogP contribution in [-0.4, -0.2) is 14.2 Å². The lowest BCUT2D eigenvalue weighted by atomic mass is 10.3. The molecule has 1 aromatic rings. The predicted octanol–water partition coefficient (Wildman–Crippen LogP) is 2.23. The SMILES string of the molecule is N#CCS(=O)(=O)Oc1ccc(Cl)c(Cl)c1. The summed E-state index contributed by atoms with van der Waals surface area (Å²) < 4.78 is 26.7. The summed E-state index contributed by atoms with van der Waals surface area (Å²) in [6, 6.07) is 5.50. The van der Waals surface area contributed by atoms with E-state index in [1.165, 1.54) is 24.3 Å². The van der Waals surface area contributed by atoms with Crippen molar-refractivity contribution < 1.29 is 12.6 Å². The van der Waals surface area contributed by atoms with Crippen molar-refractivity contribution in [2.45, 2.75) is 0 Å². The van der Waals surface area contributed by atoms with E-state index in [2.05, 4.69) is 4.18 Å². The number of nitriles is 1. The minimum atomic E-state index is -3.88. The van der Waals surface area contributed by atoms with Crippen molar-refractivity contribution in [3.05, 3.63) is 28.2 Å². The Bertz CT molecular complexity index is 507. The smallest absolute Gasteiger partial charge is 0.322 e. The first-order chi connectivity index (χ1) is 6.94. The first-order valence-corrected chi connectivity index (χ1v) is 6.02. The van der Waals surface area contributed by atoms with Gasteiger partial charge in [-0.25, -0.2) is 0 Å². The zero-order valence-corrected chi connectivity index (χ0v) is 9.60. The van der Waals surface area contributed by atoms with E-state index in [0.717, 1.165) is 0 Å². The zero-order valence-electron chi connectivity index (χ0n) is 7.28. The highest BCUT2D eigenvalue weighted by Gasteiger charge is 2.12. The average Bonchev–Trinajstić information content (AvgIpc) is 2.10. The molecular formula is C8H5Cl2NO3S. The Balaban J connectivity index is 2.92. The lowest BCUT2D eigenvalue weighted by molar-refractivity contribution is 0.490. The minimum absolute atomic E-state index is 0.0275. The second-order valence-electron chi connectivity index (χ2n) is 2.52. The van der Waals surface area contributed by atoms with Crippen molar-refractivity contribution in [3.63, 3.8) is 0 Å². The molecule has 0 aromatic heterocycles. The summed E-state index contributed by atoms with van der Waals surface area (Å²) in [6.45, 7) is 0. The van der Waals surface area contributed by atoms with Gasteiger partial charge in [0, 0.05) is 6.07 Å². The van der Waals surface area contributed by atoms with Gasteiger partial charge in [-0.05, 0) is 12.1 Å². The van der Waals surface area contributed by atoms with E-state index in [1.807, 2.05) is 0 Å². The summed E-state index contributed by atoms with van der Waals surface area (Å²) in [5, 5.41) is 8.70. The summed E-state index contributed by atoms with van der Waals surface area (Å²) in [4.78, 5) is 0. The fourth-order valence-electron chi connectivity index (χ4n) is 0.784. The van der Waals surface area contributed by atoms with Gasteiger partial charge in [0.05, 0.1) is 16.1 Å². The molecule has 0 heterocycles. The van der Waals surface area contributed by atoms with Crippen LogP contribution in [-0.2, 0) is 10.1 Å². The third-order valence-electron chi connectivity index (χ3n) is 1.36. The Hall–Kier alpha value is -0.960. The van der Waals surface area contributed by atoms with Crippen LogP contribution in [0.3, 0.4) is 0 Å². The third-order valence-corrected chi connectivity index (χ3v) is 3.02. The largest absolute Gasteiger partial charge is 0.382 e. The molecule has 0 aliphatic carbocycles. The van der Waals surface area contributed by atoms with Gasteiger partial charge in [0.2, 0.25) is 0 Å². The Kier molecular flexibility index (Phi) is 3.80. The molecule has 0 aliphatic rings. The van der Waals surface area contributed by atoms with Crippen LogP contribution >= 0.6 is 23.2 Å². The average molecular weight is 266 g/mol. The zero-order chi connectivity index (χ0) is 11.5. The van der Waals surface area contributed by atoms with Crippen LogP contribution < -0.4 is 4.18 Å². The normalized spacial score (nSPS) is 10.7. The molecule has 0 fully saturated rings. The summed E-state index contributed by atoms with van der Waals surface area (Å²) in [6.07, 6.45) is 0. The lowest BCUT2D eigenvalue weighted by Crippen LogP contribution is -2.12. The molecule has 0 spiro atoms. The summed E-state index contributed by atoms with van der Waals surface area (Å²) in [5.41, 5.74) is 0. The second kappa shape index (κ2) is 4.71. The topological polar surface area (TPSA) is 67.2 Å². The van der Waals surface area contributed by atoms with Gasteiger partial charge in [0.1, 0.15) is 5.75 Å². The van der Waals surface area contributed by atoms with E-state index in [9.17, 15) is 8.42 Å². The molecule has 0 atom stereocenters. The van der Waals surface area contributed by atoms with Crippen LogP contribution in [0.1, 0.15) is 0 Å². The second-order valence-corrected chi connectivity index (χ2v) is 4.90. The molecule has 1 rings (SSSR count). The van der Waals surface area contributed by atoms with Crippen molar-refractivity contribution in [3.8, 4) is 11.8 Å². The Morgan fingerprint density at radius 3 is 2.53 bits per heavy atom. The standard InChI is InChI=1S/C8H5Cl2NO3S/c9-7-2-1-6(5-8(7)10)14-15(12,13)4-3-11/h1-2,5H,4H2. The van der Waals surface area contributed by atoms with E-state index in [0.29, 0.717) is 5.02 Å². The molecule has 0 saturated carbocycles. The lowest BCUT2D eigenvalue weighted by Gasteiger charge is -2.04. The van der Waals surface area contributed by atoms with Crippen molar-refractivity contribution in [1.29, 1.82) is 5.26 Å². The van der Waals surface area contributed by atoms with Gasteiger partial charge in [-0.15, -0.1) is 0 Å². The number of hydrogen-bond acceptors (Lipinski definition) is 4. The maximum absolute atomic E-state index is 11.1. The monoisotopic (exact) mass is 265 g/mol. The molecule has 7 heteroatoms. The molecule has 0 N–H and O–H groups in total. The summed E-state index contributed by atoms with van der Waals surface area (Å²) in [5.74, 6) is -0.688. The Morgan fingerprint density at radius 2 is 2.00 bits per heavy atom. The molecule has 15 heavy (non-hydrogen) atoms. The Morgan fingerprint density at radius 1 is 1.33 bits per heavy atom. The van der Waals surface area contributed by atoms with Crippen molar-refractivity contribution in [2.75, 3.05) is 5.75 Å². The highest BCUT2D eigenvalue weighted by atomic mass is 35.5. The van der Waals surface area contributed by atoms with Crippen LogP contribution in [0.15, 0.2) is 18.2 Å². The molecule has 0 bridgehead atoms. The van der Waals surface area contributed by atoms with E-state index in [1.54, 1.807) is 0 Å². The van der Waals surface area contributed by atoms with Crippen molar-refractivity contribution >= 4 is 33.3 Å². The van der Waals surface area contributed by atoms with Crippen LogP contribution in [0, 0.1) is 11.3 Å². The number of benzene rings is 1. The first-order valence-electron chi connectivity index (χ1n) is 3.69. The molecule has 80 valence electrons. The molecule has 0 unspecified atom stereocenters. The number of hydrogen-bond donors (Lipinski definition) is 0. The molecule has 0 aliphatic heterocycles. The van der Waals surface area contributed by atoms with Gasteiger partial charge >= 0.3 is 10.1 Å². The number of nitrogens with zero attached hydrogens (tertiary/aromatic N) is 1. The maximum atomic E-state index is 11.1. The van der Waals surface area contributed by atoms with E-state index < -0.39 is 15.9 Å². The summed E-state index contributed by atoms with van der Waals surface area (Å²) in [7, 11) is -3.88. The molecule has 1 aromatic carbocycles. The van der Waals surface area contributed by atoms with Crippen molar-refractivity contribution in [2.24, 2.45) is 0 Å². The first kappa shape index (κ1) is 12.1. The molecule has 0 amide bonds. The summed E-state index contributed by atoms with van der Waals surface area (Å²) >= 11 is 11.3. The molecule has 4 nitrogen and oxygen atoms in total. The van der Waals surface area contributed by atoms with Crippen LogP contribution in [0.4, 0.5) is 0 Å². The number of halogens is 2. The predicted molar refractivity (Wildman–Crippen MR) is 56.5 cm³/mol. The fraction of sp³-hybridized carbons (Fsp3) is 0.125. The van der Waals surface area contributed by atoms with Crippen LogP contribution in [0.5, 0.6) is 5.75 Å². The van der Waals surface area contributed by atoms with Gasteiger partial charge in [-0.2, -0.15) is 13.7 Å². The third kappa shape index (κ3) is 3.59. The van der Waals surface area contributed by atoms with Gasteiger partial charge in [-0.3, -0.25) is 0 Å². The molecule has 0 radical (unpaired) electrons. The minimum Gasteiger partial charge on any atom is -0.382 e. The Labute approximate surface area is 97.1 Å².